The van der Waals surface area contributed by atoms with Crippen LogP contribution in [0.1, 0.15) is 20.3 Å². The fraction of sp³-hybridized carbons (Fsp3) is 0.857. The van der Waals surface area contributed by atoms with Crippen LogP contribution in [0.2, 0.25) is 0 Å². The van der Waals surface area contributed by atoms with Gasteiger partial charge in [-0.1, -0.05) is 0 Å². The van der Waals surface area contributed by atoms with Gasteiger partial charge in [0.25, 0.3) is 0 Å². The highest BCUT2D eigenvalue weighted by Gasteiger charge is 2.28. The second-order valence-corrected chi connectivity index (χ2v) is 2.59. The Morgan fingerprint density at radius 3 is 3.00 bits per heavy atom. The number of hydroxylamine groups is 1. The maximum absolute atomic E-state index is 11.0. The van der Waals surface area contributed by atoms with E-state index in [0.717, 1.165) is 0 Å². The minimum Gasteiger partial charge on any atom is -0.465 e. The first kappa shape index (κ1) is 8.49. The average molecular weight is 159 g/mol. The Morgan fingerprint density at radius 2 is 2.55 bits per heavy atom. The Balaban J connectivity index is 2.31. The van der Waals surface area contributed by atoms with Gasteiger partial charge in [0.1, 0.15) is 6.04 Å². The Labute approximate surface area is 65.8 Å². The number of hydrogen-bond acceptors (Lipinski definition) is 4. The first-order chi connectivity index (χ1) is 5.24. The van der Waals surface area contributed by atoms with Crippen LogP contribution >= 0.6 is 0 Å². The van der Waals surface area contributed by atoms with E-state index in [2.05, 4.69) is 5.48 Å². The van der Waals surface area contributed by atoms with Gasteiger partial charge in [0.2, 0.25) is 0 Å². The summed E-state index contributed by atoms with van der Waals surface area (Å²) < 4.78 is 4.79. The first-order valence-electron chi connectivity index (χ1n) is 3.82. The maximum Gasteiger partial charge on any atom is 0.325 e. The molecule has 1 saturated heterocycles. The van der Waals surface area contributed by atoms with E-state index in [1.54, 1.807) is 6.92 Å². The molecule has 1 N–H and O–H groups in total. The summed E-state index contributed by atoms with van der Waals surface area (Å²) in [5.41, 5.74) is 2.62. The normalized spacial score (nSPS) is 30.4. The topological polar surface area (TPSA) is 47.6 Å². The minimum absolute atomic E-state index is 0.101. The van der Waals surface area contributed by atoms with E-state index in [4.69, 9.17) is 9.57 Å². The van der Waals surface area contributed by atoms with Crippen molar-refractivity contribution in [2.45, 2.75) is 32.4 Å². The lowest BCUT2D eigenvalue weighted by atomic mass is 10.2. The number of esters is 1. The molecule has 0 aromatic carbocycles. The Kier molecular flexibility index (Phi) is 2.84. The van der Waals surface area contributed by atoms with Crippen LogP contribution in [0.4, 0.5) is 0 Å². The molecule has 0 aromatic heterocycles. The van der Waals surface area contributed by atoms with Gasteiger partial charge < -0.3 is 4.74 Å². The minimum atomic E-state index is -0.273. The van der Waals surface area contributed by atoms with Crippen LogP contribution in [0.25, 0.3) is 0 Å². The van der Waals surface area contributed by atoms with Gasteiger partial charge in [0.05, 0.1) is 12.7 Å². The summed E-state index contributed by atoms with van der Waals surface area (Å²) in [6, 6.07) is -0.273. The lowest BCUT2D eigenvalue weighted by Crippen LogP contribution is -2.31. The molecule has 0 amide bonds. The summed E-state index contributed by atoms with van der Waals surface area (Å²) in [5.74, 6) is -0.225. The van der Waals surface area contributed by atoms with E-state index < -0.39 is 0 Å². The van der Waals surface area contributed by atoms with E-state index in [-0.39, 0.29) is 18.1 Å². The van der Waals surface area contributed by atoms with Gasteiger partial charge in [-0.3, -0.25) is 9.63 Å². The third-order valence-electron chi connectivity index (χ3n) is 1.55. The van der Waals surface area contributed by atoms with Crippen molar-refractivity contribution in [3.63, 3.8) is 0 Å². The van der Waals surface area contributed by atoms with Gasteiger partial charge in [-0.05, 0) is 13.8 Å². The molecule has 1 heterocycles. The van der Waals surface area contributed by atoms with Gasteiger partial charge in [-0.2, -0.15) is 5.48 Å². The number of rotatable bonds is 2. The molecule has 64 valence electrons. The molecule has 11 heavy (non-hydrogen) atoms. The molecule has 4 heteroatoms. The van der Waals surface area contributed by atoms with E-state index in [1.165, 1.54) is 0 Å². The Hall–Kier alpha value is -0.610. The highest BCUT2D eigenvalue weighted by Crippen LogP contribution is 2.10. The average Bonchev–Trinajstić information content (AvgIpc) is 2.36. The zero-order chi connectivity index (χ0) is 8.27. The molecule has 1 aliphatic rings. The summed E-state index contributed by atoms with van der Waals surface area (Å²) in [6.45, 7) is 4.12. The fourth-order valence-electron chi connectivity index (χ4n) is 1.01. The van der Waals surface area contributed by atoms with Crippen molar-refractivity contribution < 1.29 is 14.4 Å². The van der Waals surface area contributed by atoms with Crippen LogP contribution in [-0.4, -0.2) is 24.7 Å². The van der Waals surface area contributed by atoms with Gasteiger partial charge >= 0.3 is 5.97 Å². The van der Waals surface area contributed by atoms with Crippen molar-refractivity contribution >= 4 is 5.97 Å². The molecule has 0 bridgehead atoms. The lowest BCUT2D eigenvalue weighted by molar-refractivity contribution is -0.146. The molecule has 0 aliphatic carbocycles. The zero-order valence-corrected chi connectivity index (χ0v) is 6.79. The van der Waals surface area contributed by atoms with Crippen molar-refractivity contribution in [1.82, 2.24) is 5.48 Å². The van der Waals surface area contributed by atoms with Crippen molar-refractivity contribution in [1.29, 1.82) is 0 Å². The second kappa shape index (κ2) is 3.69. The predicted octanol–water partition coefficient (Wildman–Crippen LogP) is 0.232. The summed E-state index contributed by atoms with van der Waals surface area (Å²) >= 11 is 0. The monoisotopic (exact) mass is 159 g/mol. The molecule has 4 nitrogen and oxygen atoms in total. The molecule has 0 radical (unpaired) electrons. The maximum atomic E-state index is 11.0. The van der Waals surface area contributed by atoms with Crippen LogP contribution in [0.15, 0.2) is 0 Å². The van der Waals surface area contributed by atoms with Crippen molar-refractivity contribution in [3.05, 3.63) is 0 Å². The first-order valence-corrected chi connectivity index (χ1v) is 3.82. The lowest BCUT2D eigenvalue weighted by Gasteiger charge is -2.05. The number of hydrogen-bond donors (Lipinski definition) is 1. The van der Waals surface area contributed by atoms with E-state index in [0.29, 0.717) is 13.0 Å². The summed E-state index contributed by atoms with van der Waals surface area (Å²) in [5, 5.41) is 0. The quantitative estimate of drug-likeness (QED) is 0.586. The third-order valence-corrected chi connectivity index (χ3v) is 1.55. The fourth-order valence-corrected chi connectivity index (χ4v) is 1.01. The predicted molar refractivity (Wildman–Crippen MR) is 38.7 cm³/mol. The van der Waals surface area contributed by atoms with Crippen molar-refractivity contribution in [2.24, 2.45) is 0 Å². The molecule has 0 saturated carbocycles. The van der Waals surface area contributed by atoms with Crippen LogP contribution in [0, 0.1) is 0 Å². The van der Waals surface area contributed by atoms with Crippen molar-refractivity contribution in [3.8, 4) is 0 Å². The van der Waals surface area contributed by atoms with Crippen molar-refractivity contribution in [2.75, 3.05) is 6.61 Å². The second-order valence-electron chi connectivity index (χ2n) is 2.59. The van der Waals surface area contributed by atoms with Crippen LogP contribution in [0.5, 0.6) is 0 Å². The third kappa shape index (κ3) is 2.17. The molecule has 0 aromatic rings. The Morgan fingerprint density at radius 1 is 1.82 bits per heavy atom. The van der Waals surface area contributed by atoms with Crippen LogP contribution in [-0.2, 0) is 14.4 Å². The zero-order valence-electron chi connectivity index (χ0n) is 6.79. The van der Waals surface area contributed by atoms with Gasteiger partial charge in [-0.25, -0.2) is 0 Å². The van der Waals surface area contributed by atoms with Gasteiger partial charge in [0, 0.05) is 6.42 Å². The van der Waals surface area contributed by atoms with E-state index >= 15 is 0 Å². The van der Waals surface area contributed by atoms with E-state index in [1.807, 2.05) is 6.92 Å². The van der Waals surface area contributed by atoms with Gasteiger partial charge in [-0.15, -0.1) is 0 Å². The summed E-state index contributed by atoms with van der Waals surface area (Å²) in [4.78, 5) is 16.0. The van der Waals surface area contributed by atoms with E-state index in [9.17, 15) is 4.79 Å². The number of nitrogens with one attached hydrogen (secondary N) is 1. The molecule has 1 fully saturated rings. The summed E-state index contributed by atoms with van der Waals surface area (Å²) in [6.07, 6.45) is 0.795. The highest BCUT2D eigenvalue weighted by atomic mass is 16.7. The van der Waals surface area contributed by atoms with Gasteiger partial charge in [0.15, 0.2) is 0 Å². The SMILES string of the molecule is CCOC(=O)C1CC(C)ON1. The number of carbonyl (C=O) groups is 1. The Bertz CT molecular complexity index is 149. The summed E-state index contributed by atoms with van der Waals surface area (Å²) in [7, 11) is 0. The molecular formula is C7H13NO3. The molecule has 2 unspecified atom stereocenters. The number of carbonyl (C=O) groups excluding carboxylic acids is 1. The highest BCUT2D eigenvalue weighted by molar-refractivity contribution is 5.75. The number of ether oxygens (including phenoxy) is 1. The molecule has 2 atom stereocenters. The largest absolute Gasteiger partial charge is 0.465 e. The van der Waals surface area contributed by atoms with Crippen LogP contribution < -0.4 is 5.48 Å². The smallest absolute Gasteiger partial charge is 0.325 e. The van der Waals surface area contributed by atoms with Crippen LogP contribution in [0.3, 0.4) is 0 Å². The standard InChI is InChI=1S/C7H13NO3/c1-3-10-7(9)6-4-5(2)11-8-6/h5-6,8H,3-4H2,1-2H3. The molecule has 1 rings (SSSR count). The molecular weight excluding hydrogens is 146 g/mol. The molecule has 0 spiro atoms. The molecule has 1 aliphatic heterocycles.